The highest BCUT2D eigenvalue weighted by atomic mass is 79.9. The van der Waals surface area contributed by atoms with Gasteiger partial charge in [0.1, 0.15) is 18.0 Å². The second-order valence-corrected chi connectivity index (χ2v) is 4.70. The average molecular weight is 296 g/mol. The van der Waals surface area contributed by atoms with Crippen LogP contribution in [0.4, 0.5) is 5.82 Å². The Hall–Kier alpha value is -1.43. The molecule has 2 N–H and O–H groups in total. The molecule has 2 aromatic rings. The average Bonchev–Trinajstić information content (AvgIpc) is 2.79. The molecule has 0 saturated carbocycles. The van der Waals surface area contributed by atoms with Crippen LogP contribution in [0.5, 0.6) is 0 Å². The van der Waals surface area contributed by atoms with Gasteiger partial charge in [-0.25, -0.2) is 9.97 Å². The molecule has 6 heteroatoms. The van der Waals surface area contributed by atoms with Crippen molar-refractivity contribution in [1.82, 2.24) is 20.2 Å². The van der Waals surface area contributed by atoms with Gasteiger partial charge in [-0.1, -0.05) is 0 Å². The molecule has 5 nitrogen and oxygen atoms in total. The van der Waals surface area contributed by atoms with E-state index < -0.39 is 0 Å². The molecule has 0 radical (unpaired) electrons. The second-order valence-electron chi connectivity index (χ2n) is 3.78. The molecule has 0 aliphatic heterocycles. The number of halogens is 1. The zero-order chi connectivity index (χ0) is 12.1. The molecule has 0 saturated heterocycles. The lowest BCUT2D eigenvalue weighted by Crippen LogP contribution is -2.06. The van der Waals surface area contributed by atoms with Crippen LogP contribution in [0, 0.1) is 6.92 Å². The van der Waals surface area contributed by atoms with E-state index in [2.05, 4.69) is 41.4 Å². The van der Waals surface area contributed by atoms with Crippen molar-refractivity contribution >= 4 is 21.7 Å². The zero-order valence-electron chi connectivity index (χ0n) is 9.57. The molecule has 2 rings (SSSR count). The molecule has 0 amide bonds. The van der Waals surface area contributed by atoms with Crippen molar-refractivity contribution < 1.29 is 0 Å². The molecule has 0 atom stereocenters. The monoisotopic (exact) mass is 295 g/mol. The van der Waals surface area contributed by atoms with Crippen LogP contribution in [0.3, 0.4) is 0 Å². The number of pyridine rings is 1. The molecule has 0 fully saturated rings. The van der Waals surface area contributed by atoms with Crippen molar-refractivity contribution in [1.29, 1.82) is 0 Å². The second kappa shape index (κ2) is 5.77. The standard InChI is InChI=1S/C11H14BrN5/c1-8-5-9(12)6-14-11(8)13-4-2-3-10-15-7-16-17-10/h5-7H,2-4H2,1H3,(H,13,14)(H,15,16,17). The molecular weight excluding hydrogens is 282 g/mol. The number of nitrogens with zero attached hydrogens (tertiary/aromatic N) is 3. The fourth-order valence-corrected chi connectivity index (χ4v) is 1.99. The van der Waals surface area contributed by atoms with Gasteiger partial charge >= 0.3 is 0 Å². The first-order valence-electron chi connectivity index (χ1n) is 5.46. The van der Waals surface area contributed by atoms with Gasteiger partial charge in [0.15, 0.2) is 0 Å². The van der Waals surface area contributed by atoms with Crippen molar-refractivity contribution in [2.24, 2.45) is 0 Å². The van der Waals surface area contributed by atoms with Gasteiger partial charge < -0.3 is 5.32 Å². The van der Waals surface area contributed by atoms with Crippen LogP contribution in [0.2, 0.25) is 0 Å². The molecule has 0 bridgehead atoms. The van der Waals surface area contributed by atoms with Gasteiger partial charge in [-0.05, 0) is 40.9 Å². The topological polar surface area (TPSA) is 66.5 Å². The van der Waals surface area contributed by atoms with E-state index in [1.165, 1.54) is 6.33 Å². The van der Waals surface area contributed by atoms with Crippen LogP contribution in [0.1, 0.15) is 17.8 Å². The van der Waals surface area contributed by atoms with Crippen LogP contribution in [-0.2, 0) is 6.42 Å². The van der Waals surface area contributed by atoms with Crippen LogP contribution in [-0.4, -0.2) is 26.7 Å². The van der Waals surface area contributed by atoms with Gasteiger partial charge in [0.25, 0.3) is 0 Å². The van der Waals surface area contributed by atoms with Crippen LogP contribution in [0.15, 0.2) is 23.1 Å². The summed E-state index contributed by atoms with van der Waals surface area (Å²) in [6.45, 7) is 2.91. The fourth-order valence-electron chi connectivity index (χ4n) is 1.54. The van der Waals surface area contributed by atoms with E-state index in [0.29, 0.717) is 0 Å². The Morgan fingerprint density at radius 1 is 1.41 bits per heavy atom. The van der Waals surface area contributed by atoms with E-state index >= 15 is 0 Å². The van der Waals surface area contributed by atoms with E-state index in [1.807, 2.05) is 13.0 Å². The van der Waals surface area contributed by atoms with Crippen molar-refractivity contribution in [3.8, 4) is 0 Å². The van der Waals surface area contributed by atoms with Gasteiger partial charge in [-0.2, -0.15) is 5.10 Å². The number of aromatic nitrogens is 4. The first-order chi connectivity index (χ1) is 8.25. The highest BCUT2D eigenvalue weighted by Gasteiger charge is 2.00. The first kappa shape index (κ1) is 12.0. The molecule has 0 aliphatic carbocycles. The van der Waals surface area contributed by atoms with Crippen molar-refractivity contribution in [2.75, 3.05) is 11.9 Å². The number of hydrogen-bond donors (Lipinski definition) is 2. The van der Waals surface area contributed by atoms with E-state index in [-0.39, 0.29) is 0 Å². The van der Waals surface area contributed by atoms with Gasteiger partial charge in [0.2, 0.25) is 0 Å². The predicted octanol–water partition coefficient (Wildman–Crippen LogP) is 2.32. The molecule has 90 valence electrons. The minimum Gasteiger partial charge on any atom is -0.370 e. The Kier molecular flexibility index (Phi) is 4.08. The van der Waals surface area contributed by atoms with Crippen molar-refractivity contribution in [3.63, 3.8) is 0 Å². The minimum atomic E-state index is 0.871. The number of rotatable bonds is 5. The quantitative estimate of drug-likeness (QED) is 0.831. The molecule has 0 aliphatic rings. The minimum absolute atomic E-state index is 0.871. The summed E-state index contributed by atoms with van der Waals surface area (Å²) in [5, 5.41) is 9.96. The summed E-state index contributed by atoms with van der Waals surface area (Å²) in [4.78, 5) is 8.39. The SMILES string of the molecule is Cc1cc(Br)cnc1NCCCc1ncn[nH]1. The third-order valence-electron chi connectivity index (χ3n) is 2.39. The van der Waals surface area contributed by atoms with Gasteiger partial charge in [-0.3, -0.25) is 5.10 Å². The van der Waals surface area contributed by atoms with E-state index in [1.54, 1.807) is 6.20 Å². The summed E-state index contributed by atoms with van der Waals surface area (Å²) >= 11 is 3.39. The summed E-state index contributed by atoms with van der Waals surface area (Å²) < 4.78 is 1.00. The summed E-state index contributed by atoms with van der Waals surface area (Å²) in [5.74, 6) is 1.86. The van der Waals surface area contributed by atoms with Gasteiger partial charge in [-0.15, -0.1) is 0 Å². The normalized spacial score (nSPS) is 10.5. The molecule has 2 heterocycles. The lowest BCUT2D eigenvalue weighted by Gasteiger charge is -2.07. The Morgan fingerprint density at radius 3 is 3.00 bits per heavy atom. The summed E-state index contributed by atoms with van der Waals surface area (Å²) in [6.07, 6.45) is 5.21. The maximum atomic E-state index is 4.32. The number of hydrogen-bond acceptors (Lipinski definition) is 4. The highest BCUT2D eigenvalue weighted by Crippen LogP contribution is 2.16. The summed E-state index contributed by atoms with van der Waals surface area (Å²) in [5.41, 5.74) is 1.14. The molecular formula is C11H14BrN5. The zero-order valence-corrected chi connectivity index (χ0v) is 11.2. The Labute approximate surface area is 108 Å². The number of anilines is 1. The number of aryl methyl sites for hydroxylation is 2. The summed E-state index contributed by atoms with van der Waals surface area (Å²) in [7, 11) is 0. The third kappa shape index (κ3) is 3.52. The Bertz CT molecular complexity index is 469. The fraction of sp³-hybridized carbons (Fsp3) is 0.364. The van der Waals surface area contributed by atoms with Gasteiger partial charge in [0, 0.05) is 23.6 Å². The first-order valence-corrected chi connectivity index (χ1v) is 6.25. The Morgan fingerprint density at radius 2 is 2.29 bits per heavy atom. The molecule has 0 spiro atoms. The Balaban J connectivity index is 1.78. The van der Waals surface area contributed by atoms with E-state index in [0.717, 1.165) is 41.1 Å². The molecule has 0 unspecified atom stereocenters. The smallest absolute Gasteiger partial charge is 0.137 e. The van der Waals surface area contributed by atoms with E-state index in [4.69, 9.17) is 0 Å². The summed E-state index contributed by atoms with van der Waals surface area (Å²) in [6, 6.07) is 2.05. The predicted molar refractivity (Wildman–Crippen MR) is 69.9 cm³/mol. The van der Waals surface area contributed by atoms with E-state index in [9.17, 15) is 0 Å². The number of aromatic amines is 1. The highest BCUT2D eigenvalue weighted by molar-refractivity contribution is 9.10. The van der Waals surface area contributed by atoms with Crippen molar-refractivity contribution in [2.45, 2.75) is 19.8 Å². The maximum absolute atomic E-state index is 4.32. The van der Waals surface area contributed by atoms with Crippen LogP contribution >= 0.6 is 15.9 Å². The maximum Gasteiger partial charge on any atom is 0.137 e. The van der Waals surface area contributed by atoms with Gasteiger partial charge in [0.05, 0.1) is 0 Å². The third-order valence-corrected chi connectivity index (χ3v) is 2.83. The molecule has 2 aromatic heterocycles. The van der Waals surface area contributed by atoms with Crippen LogP contribution < -0.4 is 5.32 Å². The van der Waals surface area contributed by atoms with Crippen molar-refractivity contribution in [3.05, 3.63) is 34.5 Å². The lowest BCUT2D eigenvalue weighted by molar-refractivity contribution is 0.803. The lowest BCUT2D eigenvalue weighted by atomic mass is 10.2. The molecule has 0 aromatic carbocycles. The number of H-pyrrole nitrogens is 1. The molecule has 17 heavy (non-hydrogen) atoms. The van der Waals surface area contributed by atoms with Crippen LogP contribution in [0.25, 0.3) is 0 Å². The largest absolute Gasteiger partial charge is 0.370 e. The number of nitrogens with one attached hydrogen (secondary N) is 2.